The van der Waals surface area contributed by atoms with Gasteiger partial charge in [-0.1, -0.05) is 71.6 Å². The van der Waals surface area contributed by atoms with Crippen LogP contribution in [0.3, 0.4) is 0 Å². The number of rotatable bonds is 2. The van der Waals surface area contributed by atoms with Crippen LogP contribution in [0.2, 0.25) is 0 Å². The highest BCUT2D eigenvalue weighted by Gasteiger charge is 2.44. The molecule has 0 N–H and O–H groups in total. The molecule has 0 radical (unpaired) electrons. The summed E-state index contributed by atoms with van der Waals surface area (Å²) in [5, 5.41) is 10.0. The average Bonchev–Trinajstić information content (AvgIpc) is 3.25. The van der Waals surface area contributed by atoms with Gasteiger partial charge in [-0.25, -0.2) is 5.01 Å². The Morgan fingerprint density at radius 2 is 1.71 bits per heavy atom. The Morgan fingerprint density at radius 3 is 2.55 bits per heavy atom. The van der Waals surface area contributed by atoms with Gasteiger partial charge in [0.1, 0.15) is 5.75 Å². The summed E-state index contributed by atoms with van der Waals surface area (Å²) in [6.45, 7) is 0. The zero-order valence-corrected chi connectivity index (χ0v) is 20.4. The number of ether oxygens (including phenoxy) is 1. The standard InChI is InChI=1S/C26H24Br2N2O/c27-20-13-21-24-15-23(19-11-10-16-6-4-5-9-18(16)12-19)29-30(24)26(17-7-2-1-3-8-17)31-25(21)22(28)14-20/h4-6,9-14,17,24,26H,1-3,7-8,15H2/t24-,26-/m0/s1. The monoisotopic (exact) mass is 538 g/mol. The van der Waals surface area contributed by atoms with Crippen molar-refractivity contribution < 1.29 is 4.74 Å². The summed E-state index contributed by atoms with van der Waals surface area (Å²) in [4.78, 5) is 0. The van der Waals surface area contributed by atoms with Crippen molar-refractivity contribution in [3.05, 3.63) is 74.7 Å². The summed E-state index contributed by atoms with van der Waals surface area (Å²) < 4.78 is 8.77. The Bertz CT molecular complexity index is 1190. The van der Waals surface area contributed by atoms with Crippen LogP contribution in [0.1, 0.15) is 55.7 Å². The molecule has 0 spiro atoms. The number of hydrogen-bond donors (Lipinski definition) is 0. The Morgan fingerprint density at radius 1 is 0.903 bits per heavy atom. The van der Waals surface area contributed by atoms with Gasteiger partial charge in [0.25, 0.3) is 0 Å². The molecule has 0 amide bonds. The molecule has 6 rings (SSSR count). The third kappa shape index (κ3) is 3.50. The molecule has 0 saturated heterocycles. The minimum absolute atomic E-state index is 0.00762. The van der Waals surface area contributed by atoms with Gasteiger partial charge >= 0.3 is 0 Å². The summed E-state index contributed by atoms with van der Waals surface area (Å²) in [6, 6.07) is 19.7. The Kier molecular flexibility index (Phi) is 5.07. The molecule has 3 nitrogen and oxygen atoms in total. The number of hydrazone groups is 1. The summed E-state index contributed by atoms with van der Waals surface area (Å²) in [6.07, 6.45) is 7.27. The second-order valence-corrected chi connectivity index (χ2v) is 10.7. The van der Waals surface area contributed by atoms with E-state index in [0.29, 0.717) is 5.92 Å². The van der Waals surface area contributed by atoms with E-state index in [4.69, 9.17) is 9.84 Å². The van der Waals surface area contributed by atoms with Gasteiger partial charge in [-0.2, -0.15) is 5.10 Å². The molecule has 2 aliphatic heterocycles. The van der Waals surface area contributed by atoms with E-state index >= 15 is 0 Å². The molecule has 3 aromatic carbocycles. The van der Waals surface area contributed by atoms with Crippen molar-refractivity contribution in [2.75, 3.05) is 0 Å². The lowest BCUT2D eigenvalue weighted by atomic mass is 9.86. The van der Waals surface area contributed by atoms with Crippen molar-refractivity contribution in [3.63, 3.8) is 0 Å². The predicted molar refractivity (Wildman–Crippen MR) is 133 cm³/mol. The zero-order valence-electron chi connectivity index (χ0n) is 17.2. The van der Waals surface area contributed by atoms with Gasteiger partial charge in [-0.3, -0.25) is 0 Å². The second kappa shape index (κ2) is 7.93. The summed E-state index contributed by atoms with van der Waals surface area (Å²) in [7, 11) is 0. The minimum Gasteiger partial charge on any atom is -0.467 e. The van der Waals surface area contributed by atoms with E-state index in [1.807, 2.05) is 0 Å². The molecule has 3 aromatic rings. The van der Waals surface area contributed by atoms with Crippen LogP contribution in [0.25, 0.3) is 10.8 Å². The number of halogens is 2. The Balaban J connectivity index is 1.43. The molecule has 5 heteroatoms. The van der Waals surface area contributed by atoms with Gasteiger partial charge in [0.2, 0.25) is 0 Å². The number of benzene rings is 3. The normalized spacial score (nSPS) is 23.3. The fourth-order valence-corrected chi connectivity index (χ4v) is 6.77. The first-order chi connectivity index (χ1) is 15.2. The van der Waals surface area contributed by atoms with E-state index in [2.05, 4.69) is 91.5 Å². The van der Waals surface area contributed by atoms with Crippen LogP contribution < -0.4 is 4.74 Å². The van der Waals surface area contributed by atoms with E-state index < -0.39 is 0 Å². The predicted octanol–water partition coefficient (Wildman–Crippen LogP) is 7.81. The van der Waals surface area contributed by atoms with Crippen LogP contribution in [0.4, 0.5) is 0 Å². The van der Waals surface area contributed by atoms with Crippen LogP contribution in [0.15, 0.2) is 68.6 Å². The maximum atomic E-state index is 6.68. The topological polar surface area (TPSA) is 24.8 Å². The van der Waals surface area contributed by atoms with E-state index in [0.717, 1.165) is 26.8 Å². The highest BCUT2D eigenvalue weighted by atomic mass is 79.9. The molecular formula is C26H24Br2N2O. The largest absolute Gasteiger partial charge is 0.467 e. The summed E-state index contributed by atoms with van der Waals surface area (Å²) in [5.74, 6) is 1.52. The van der Waals surface area contributed by atoms with Crippen molar-refractivity contribution >= 4 is 48.3 Å². The molecule has 2 atom stereocenters. The summed E-state index contributed by atoms with van der Waals surface area (Å²) >= 11 is 7.43. The van der Waals surface area contributed by atoms with Crippen LogP contribution in [0.5, 0.6) is 5.75 Å². The fraction of sp³-hybridized carbons (Fsp3) is 0.346. The zero-order chi connectivity index (χ0) is 20.9. The molecule has 158 valence electrons. The van der Waals surface area contributed by atoms with Gasteiger partial charge in [0, 0.05) is 22.4 Å². The van der Waals surface area contributed by atoms with Crippen LogP contribution in [-0.4, -0.2) is 16.9 Å². The molecular weight excluding hydrogens is 516 g/mol. The van der Waals surface area contributed by atoms with Gasteiger partial charge in [0.15, 0.2) is 6.23 Å². The molecule has 1 saturated carbocycles. The van der Waals surface area contributed by atoms with Crippen molar-refractivity contribution in [2.45, 2.75) is 50.8 Å². The highest BCUT2D eigenvalue weighted by Crippen LogP contribution is 2.49. The molecule has 1 fully saturated rings. The molecule has 3 aliphatic rings. The van der Waals surface area contributed by atoms with Gasteiger partial charge in [-0.05, 0) is 63.3 Å². The van der Waals surface area contributed by atoms with Crippen molar-refractivity contribution in [1.29, 1.82) is 0 Å². The van der Waals surface area contributed by atoms with E-state index in [-0.39, 0.29) is 12.3 Å². The lowest BCUT2D eigenvalue weighted by molar-refractivity contribution is -0.0649. The van der Waals surface area contributed by atoms with Crippen LogP contribution in [-0.2, 0) is 0 Å². The maximum absolute atomic E-state index is 6.68. The first-order valence-electron chi connectivity index (χ1n) is 11.2. The maximum Gasteiger partial charge on any atom is 0.190 e. The lowest BCUT2D eigenvalue weighted by Crippen LogP contribution is -2.46. The number of nitrogens with zero attached hydrogens (tertiary/aromatic N) is 2. The fourth-order valence-electron chi connectivity index (χ4n) is 5.42. The number of hydrogen-bond acceptors (Lipinski definition) is 3. The molecule has 0 bridgehead atoms. The van der Waals surface area contributed by atoms with E-state index in [1.54, 1.807) is 0 Å². The van der Waals surface area contributed by atoms with Gasteiger partial charge in [0.05, 0.1) is 16.2 Å². The van der Waals surface area contributed by atoms with E-state index in [9.17, 15) is 0 Å². The average molecular weight is 540 g/mol. The number of fused-ring (bicyclic) bond motifs is 4. The molecule has 0 unspecified atom stereocenters. The van der Waals surface area contributed by atoms with Crippen molar-refractivity contribution in [1.82, 2.24) is 5.01 Å². The minimum atomic E-state index is 0.00762. The van der Waals surface area contributed by atoms with Crippen LogP contribution >= 0.6 is 31.9 Å². The first kappa shape index (κ1) is 19.8. The summed E-state index contributed by atoms with van der Waals surface area (Å²) in [5.41, 5.74) is 3.59. The smallest absolute Gasteiger partial charge is 0.190 e. The van der Waals surface area contributed by atoms with Crippen LogP contribution in [0, 0.1) is 5.92 Å². The SMILES string of the molecule is Brc1cc(Br)c2c(c1)[C@@H]1CC(c3ccc4ccccc4c3)=NN1[C@H](C1CCCCC1)O2. The second-order valence-electron chi connectivity index (χ2n) is 8.92. The van der Waals surface area contributed by atoms with Gasteiger partial charge in [-0.15, -0.1) is 0 Å². The quantitative estimate of drug-likeness (QED) is 0.331. The van der Waals surface area contributed by atoms with E-state index in [1.165, 1.54) is 54.0 Å². The van der Waals surface area contributed by atoms with Crippen molar-refractivity contribution in [2.24, 2.45) is 11.0 Å². The van der Waals surface area contributed by atoms with Crippen molar-refractivity contribution in [3.8, 4) is 5.75 Å². The molecule has 2 heterocycles. The third-order valence-electron chi connectivity index (χ3n) is 6.97. The van der Waals surface area contributed by atoms with Gasteiger partial charge < -0.3 is 4.74 Å². The first-order valence-corrected chi connectivity index (χ1v) is 12.8. The molecule has 1 aliphatic carbocycles. The Labute approximate surface area is 199 Å². The lowest BCUT2D eigenvalue weighted by Gasteiger charge is -2.43. The highest BCUT2D eigenvalue weighted by molar-refractivity contribution is 9.11. The molecule has 31 heavy (non-hydrogen) atoms. The molecule has 0 aromatic heterocycles. The third-order valence-corrected chi connectivity index (χ3v) is 8.02. The Hall–Kier alpha value is -1.85.